The van der Waals surface area contributed by atoms with Crippen LogP contribution in [0.4, 0.5) is 11.8 Å². The summed E-state index contributed by atoms with van der Waals surface area (Å²) in [5.41, 5.74) is 13.2. The number of anilines is 2. The molecule has 0 aliphatic carbocycles. The Hall–Kier alpha value is -4.69. The van der Waals surface area contributed by atoms with Crippen molar-refractivity contribution >= 4 is 34.6 Å². The van der Waals surface area contributed by atoms with E-state index in [0.29, 0.717) is 79.6 Å². The third-order valence-corrected chi connectivity index (χ3v) is 6.22. The normalized spacial score (nSPS) is 14.0. The standard InChI is InChI=1S/C24H24N8O6/c25-1-2-28-24-29-15(19(22(26)34)23-27-3-4-32(23)24)9-13-10-17(38-30-13)14-12-36-21-16(33)11-18(37-20(14)21)31-5-7-35-8-6-31/h3-4,10-12H,1-2,5-9,25H2,(H2,26,34)(H,28,29). The fourth-order valence-electron chi connectivity index (χ4n) is 4.45. The third kappa shape index (κ3) is 4.14. The molecule has 14 heteroatoms. The summed E-state index contributed by atoms with van der Waals surface area (Å²) in [5, 5.41) is 7.27. The minimum absolute atomic E-state index is 0.0769. The highest BCUT2D eigenvalue weighted by Crippen LogP contribution is 2.33. The number of nitrogens with one attached hydrogen (secondary N) is 1. The van der Waals surface area contributed by atoms with Gasteiger partial charge in [-0.2, -0.15) is 0 Å². The molecule has 5 aromatic heterocycles. The Bertz CT molecular complexity index is 1690. The van der Waals surface area contributed by atoms with Crippen molar-refractivity contribution in [3.63, 3.8) is 0 Å². The quantitative estimate of drug-likeness (QED) is 0.263. The first-order valence-electron chi connectivity index (χ1n) is 12.0. The monoisotopic (exact) mass is 520 g/mol. The lowest BCUT2D eigenvalue weighted by Crippen LogP contribution is -2.36. The molecule has 0 unspecified atom stereocenters. The Kier molecular flexibility index (Phi) is 6.01. The van der Waals surface area contributed by atoms with Gasteiger partial charge in [-0.25, -0.2) is 9.97 Å². The Morgan fingerprint density at radius 1 is 1.18 bits per heavy atom. The molecule has 5 aromatic rings. The highest BCUT2D eigenvalue weighted by atomic mass is 16.5. The van der Waals surface area contributed by atoms with Crippen molar-refractivity contribution in [3.8, 4) is 11.3 Å². The van der Waals surface area contributed by atoms with Crippen LogP contribution in [0, 0.1) is 0 Å². The van der Waals surface area contributed by atoms with Crippen LogP contribution >= 0.6 is 0 Å². The zero-order valence-corrected chi connectivity index (χ0v) is 20.2. The predicted molar refractivity (Wildman–Crippen MR) is 135 cm³/mol. The van der Waals surface area contributed by atoms with Gasteiger partial charge in [-0.05, 0) is 0 Å². The highest BCUT2D eigenvalue weighted by molar-refractivity contribution is 6.00. The van der Waals surface area contributed by atoms with Crippen LogP contribution in [0.25, 0.3) is 28.1 Å². The molecule has 0 atom stereocenters. The Balaban J connectivity index is 1.36. The summed E-state index contributed by atoms with van der Waals surface area (Å²) >= 11 is 0. The molecular weight excluding hydrogens is 496 g/mol. The van der Waals surface area contributed by atoms with E-state index >= 15 is 0 Å². The van der Waals surface area contributed by atoms with Crippen LogP contribution in [0.3, 0.4) is 0 Å². The van der Waals surface area contributed by atoms with Crippen LogP contribution < -0.4 is 27.1 Å². The summed E-state index contributed by atoms with van der Waals surface area (Å²) in [6.07, 6.45) is 4.75. The van der Waals surface area contributed by atoms with Gasteiger partial charge in [0.05, 0.1) is 30.7 Å². The van der Waals surface area contributed by atoms with Crippen LogP contribution in [0.2, 0.25) is 0 Å². The largest absolute Gasteiger partial charge is 0.456 e. The fourth-order valence-corrected chi connectivity index (χ4v) is 4.45. The summed E-state index contributed by atoms with van der Waals surface area (Å²) in [4.78, 5) is 35.9. The van der Waals surface area contributed by atoms with E-state index in [1.807, 2.05) is 4.90 Å². The van der Waals surface area contributed by atoms with Crippen molar-refractivity contribution in [3.05, 3.63) is 58.0 Å². The lowest BCUT2D eigenvalue weighted by molar-refractivity contribution is 0.1000. The van der Waals surface area contributed by atoms with Gasteiger partial charge in [0.2, 0.25) is 17.0 Å². The second-order valence-electron chi connectivity index (χ2n) is 8.67. The summed E-state index contributed by atoms with van der Waals surface area (Å²) in [5.74, 6) is 0.542. The van der Waals surface area contributed by atoms with E-state index in [0.717, 1.165) is 0 Å². The van der Waals surface area contributed by atoms with Gasteiger partial charge in [0.1, 0.15) is 17.4 Å². The van der Waals surface area contributed by atoms with Crippen molar-refractivity contribution in [2.24, 2.45) is 11.5 Å². The van der Waals surface area contributed by atoms with Gasteiger partial charge in [-0.15, -0.1) is 0 Å². The number of imidazole rings is 1. The maximum atomic E-state index is 12.7. The molecule has 0 radical (unpaired) electrons. The zero-order chi connectivity index (χ0) is 26.2. The predicted octanol–water partition coefficient (Wildman–Crippen LogP) is 0.981. The molecule has 1 saturated heterocycles. The number of amides is 1. The molecule has 6 rings (SSSR count). The van der Waals surface area contributed by atoms with Crippen molar-refractivity contribution in [1.82, 2.24) is 19.5 Å². The molecule has 14 nitrogen and oxygen atoms in total. The number of morpholine rings is 1. The Morgan fingerprint density at radius 2 is 2.03 bits per heavy atom. The van der Waals surface area contributed by atoms with Crippen molar-refractivity contribution in [2.45, 2.75) is 6.42 Å². The lowest BCUT2D eigenvalue weighted by Gasteiger charge is -2.26. The van der Waals surface area contributed by atoms with Gasteiger partial charge in [0.25, 0.3) is 5.91 Å². The number of nitrogens with two attached hydrogens (primary N) is 2. The molecule has 0 saturated carbocycles. The maximum Gasteiger partial charge on any atom is 0.254 e. The van der Waals surface area contributed by atoms with E-state index < -0.39 is 5.91 Å². The average molecular weight is 521 g/mol. The van der Waals surface area contributed by atoms with Crippen molar-refractivity contribution < 1.29 is 22.9 Å². The number of carbonyl (C=O) groups excluding carboxylic acids is 1. The molecule has 1 fully saturated rings. The van der Waals surface area contributed by atoms with E-state index in [4.69, 9.17) is 29.6 Å². The van der Waals surface area contributed by atoms with E-state index in [-0.39, 0.29) is 28.6 Å². The molecule has 38 heavy (non-hydrogen) atoms. The second-order valence-corrected chi connectivity index (χ2v) is 8.67. The van der Waals surface area contributed by atoms with Gasteiger partial charge in [-0.3, -0.25) is 14.0 Å². The molecule has 0 bridgehead atoms. The first-order valence-corrected chi connectivity index (χ1v) is 12.0. The summed E-state index contributed by atoms with van der Waals surface area (Å²) in [7, 11) is 0. The Morgan fingerprint density at radius 3 is 2.82 bits per heavy atom. The number of hydrogen-bond acceptors (Lipinski definition) is 12. The lowest BCUT2D eigenvalue weighted by atomic mass is 10.1. The van der Waals surface area contributed by atoms with Crippen molar-refractivity contribution in [2.75, 3.05) is 49.6 Å². The number of ether oxygens (including phenoxy) is 1. The molecule has 1 amide bonds. The Labute approximate surface area is 214 Å². The van der Waals surface area contributed by atoms with Crippen LogP contribution in [-0.4, -0.2) is 64.8 Å². The molecule has 0 spiro atoms. The van der Waals surface area contributed by atoms with Crippen molar-refractivity contribution in [1.29, 1.82) is 0 Å². The number of hydrogen-bond donors (Lipinski definition) is 3. The van der Waals surface area contributed by atoms with Crippen LogP contribution in [-0.2, 0) is 11.2 Å². The molecule has 6 heterocycles. The minimum atomic E-state index is -0.670. The number of furan rings is 1. The van der Waals surface area contributed by atoms with E-state index in [9.17, 15) is 9.59 Å². The fraction of sp³-hybridized carbons (Fsp3) is 0.292. The minimum Gasteiger partial charge on any atom is -0.456 e. The maximum absolute atomic E-state index is 12.7. The number of nitrogens with zero attached hydrogens (tertiary/aromatic N) is 5. The molecule has 1 aliphatic rings. The van der Waals surface area contributed by atoms with E-state index in [2.05, 4.69) is 20.4 Å². The second kappa shape index (κ2) is 9.64. The first-order chi connectivity index (χ1) is 18.5. The highest BCUT2D eigenvalue weighted by Gasteiger charge is 2.24. The van der Waals surface area contributed by atoms with Gasteiger partial charge in [-0.1, -0.05) is 5.16 Å². The number of rotatable bonds is 8. The molecule has 1 aliphatic heterocycles. The molecule has 196 valence electrons. The van der Waals surface area contributed by atoms with Gasteiger partial charge >= 0.3 is 0 Å². The smallest absolute Gasteiger partial charge is 0.254 e. The van der Waals surface area contributed by atoms with E-state index in [1.165, 1.54) is 12.3 Å². The SMILES string of the molecule is NCCNc1nc(Cc2cc(-c3coc4c(=O)cc(N5CCOCC5)oc34)on2)c(C(N)=O)c2nccn12. The molecule has 0 aromatic carbocycles. The van der Waals surface area contributed by atoms with Crippen LogP contribution in [0.15, 0.2) is 48.9 Å². The zero-order valence-electron chi connectivity index (χ0n) is 20.2. The number of carbonyl (C=O) groups is 1. The third-order valence-electron chi connectivity index (χ3n) is 6.22. The summed E-state index contributed by atoms with van der Waals surface area (Å²) < 4.78 is 24.2. The topological polar surface area (TPSA) is 193 Å². The van der Waals surface area contributed by atoms with Gasteiger partial charge in [0.15, 0.2) is 22.9 Å². The number of aromatic nitrogens is 4. The van der Waals surface area contributed by atoms with Gasteiger partial charge in [0, 0.05) is 51.1 Å². The summed E-state index contributed by atoms with van der Waals surface area (Å²) in [6.45, 7) is 3.15. The van der Waals surface area contributed by atoms with E-state index in [1.54, 1.807) is 22.9 Å². The number of primary amides is 1. The van der Waals surface area contributed by atoms with Gasteiger partial charge < -0.3 is 39.8 Å². The molecule has 5 N–H and O–H groups in total. The molecular formula is C24H24N8O6. The number of fused-ring (bicyclic) bond motifs is 2. The summed E-state index contributed by atoms with van der Waals surface area (Å²) in [6, 6.07) is 3.08. The van der Waals surface area contributed by atoms with Crippen LogP contribution in [0.5, 0.6) is 0 Å². The first kappa shape index (κ1) is 23.7. The van der Waals surface area contributed by atoms with Crippen LogP contribution in [0.1, 0.15) is 21.7 Å². The average Bonchev–Trinajstić information content (AvgIpc) is 3.67.